The minimum atomic E-state index is -0.226. The van der Waals surface area contributed by atoms with Crippen LogP contribution in [0, 0.1) is 5.82 Å². The van der Waals surface area contributed by atoms with Gasteiger partial charge < -0.3 is 9.57 Å². The van der Waals surface area contributed by atoms with Crippen molar-refractivity contribution in [3.63, 3.8) is 0 Å². The number of para-hydroxylation sites is 1. The highest BCUT2D eigenvalue weighted by Crippen LogP contribution is 2.23. The minimum absolute atomic E-state index is 0.226. The predicted molar refractivity (Wildman–Crippen MR) is 107 cm³/mol. The summed E-state index contributed by atoms with van der Waals surface area (Å²) in [5.74, 6) is 0.584. The Hall–Kier alpha value is -3.14. The van der Waals surface area contributed by atoms with Gasteiger partial charge in [-0.3, -0.25) is 0 Å². The molecule has 27 heavy (non-hydrogen) atoms. The molecule has 0 aliphatic heterocycles. The third kappa shape index (κ3) is 5.17. The molecule has 3 aromatic carbocycles. The Bertz CT molecular complexity index is 876. The van der Waals surface area contributed by atoms with Gasteiger partial charge in [0, 0.05) is 5.56 Å². The number of hydrogen-bond donors (Lipinski definition) is 0. The van der Waals surface area contributed by atoms with Crippen LogP contribution in [0.4, 0.5) is 4.39 Å². The van der Waals surface area contributed by atoms with E-state index < -0.39 is 0 Å². The summed E-state index contributed by atoms with van der Waals surface area (Å²) in [5.41, 5.74) is 3.23. The zero-order valence-electron chi connectivity index (χ0n) is 15.3. The van der Waals surface area contributed by atoms with Crippen molar-refractivity contribution >= 4 is 5.71 Å². The van der Waals surface area contributed by atoms with Gasteiger partial charge in [-0.05, 0) is 35.7 Å². The van der Waals surface area contributed by atoms with Gasteiger partial charge in [0.2, 0.25) is 0 Å². The summed E-state index contributed by atoms with van der Waals surface area (Å²) < 4.78 is 19.5. The molecular formula is C23H22FNO2. The maximum absolute atomic E-state index is 13.9. The van der Waals surface area contributed by atoms with E-state index in [1.165, 1.54) is 6.07 Å². The molecule has 0 aliphatic carbocycles. The van der Waals surface area contributed by atoms with Crippen LogP contribution < -0.4 is 4.74 Å². The first-order valence-electron chi connectivity index (χ1n) is 9.00. The molecule has 3 rings (SSSR count). The molecule has 4 heteroatoms. The molecule has 0 saturated carbocycles. The summed E-state index contributed by atoms with van der Waals surface area (Å²) in [6.07, 6.45) is 0.735. The summed E-state index contributed by atoms with van der Waals surface area (Å²) in [7, 11) is 0. The Morgan fingerprint density at radius 1 is 0.852 bits per heavy atom. The molecule has 3 aromatic rings. The summed E-state index contributed by atoms with van der Waals surface area (Å²) in [6.45, 7) is 2.82. The van der Waals surface area contributed by atoms with Crippen LogP contribution in [0.5, 0.6) is 5.75 Å². The second-order valence-corrected chi connectivity index (χ2v) is 5.94. The lowest BCUT2D eigenvalue weighted by atomic mass is 10.0. The molecule has 0 saturated heterocycles. The Kier molecular flexibility index (Phi) is 6.58. The van der Waals surface area contributed by atoms with E-state index in [1.807, 2.05) is 67.6 Å². The van der Waals surface area contributed by atoms with Crippen molar-refractivity contribution < 1.29 is 14.0 Å². The minimum Gasteiger partial charge on any atom is -0.490 e. The molecule has 138 valence electrons. The zero-order valence-corrected chi connectivity index (χ0v) is 15.3. The molecule has 0 radical (unpaired) electrons. The molecule has 0 unspecified atom stereocenters. The number of hydrogen-bond acceptors (Lipinski definition) is 3. The van der Waals surface area contributed by atoms with Crippen LogP contribution in [-0.2, 0) is 4.84 Å². The van der Waals surface area contributed by atoms with E-state index in [2.05, 4.69) is 5.16 Å². The van der Waals surface area contributed by atoms with Crippen LogP contribution >= 0.6 is 0 Å². The SMILES string of the molecule is CCC(=NOCCOc1ccccc1)c1ccc(-c2ccccc2F)cc1. The fourth-order valence-corrected chi connectivity index (χ4v) is 2.70. The van der Waals surface area contributed by atoms with E-state index in [0.717, 1.165) is 29.0 Å². The van der Waals surface area contributed by atoms with Gasteiger partial charge in [0.05, 0.1) is 5.71 Å². The first-order valence-corrected chi connectivity index (χ1v) is 9.00. The molecule has 0 fully saturated rings. The molecule has 0 N–H and O–H groups in total. The Morgan fingerprint density at radius 2 is 1.56 bits per heavy atom. The summed E-state index contributed by atoms with van der Waals surface area (Å²) in [4.78, 5) is 5.40. The van der Waals surface area contributed by atoms with E-state index in [-0.39, 0.29) is 5.82 Å². The zero-order chi connectivity index (χ0) is 18.9. The van der Waals surface area contributed by atoms with Gasteiger partial charge in [0.25, 0.3) is 0 Å². The van der Waals surface area contributed by atoms with Crippen LogP contribution in [-0.4, -0.2) is 18.9 Å². The van der Waals surface area contributed by atoms with Crippen molar-refractivity contribution in [1.82, 2.24) is 0 Å². The number of ether oxygens (including phenoxy) is 1. The third-order valence-electron chi connectivity index (χ3n) is 4.10. The van der Waals surface area contributed by atoms with E-state index in [4.69, 9.17) is 9.57 Å². The van der Waals surface area contributed by atoms with Crippen LogP contribution in [0.15, 0.2) is 84.0 Å². The second kappa shape index (κ2) is 9.53. The van der Waals surface area contributed by atoms with E-state index in [0.29, 0.717) is 18.8 Å². The topological polar surface area (TPSA) is 30.8 Å². The lowest BCUT2D eigenvalue weighted by molar-refractivity contribution is 0.107. The van der Waals surface area contributed by atoms with Crippen LogP contribution in [0.25, 0.3) is 11.1 Å². The second-order valence-electron chi connectivity index (χ2n) is 5.94. The van der Waals surface area contributed by atoms with Gasteiger partial charge in [-0.15, -0.1) is 0 Å². The molecule has 0 spiro atoms. The Morgan fingerprint density at radius 3 is 2.26 bits per heavy atom. The van der Waals surface area contributed by atoms with Gasteiger partial charge >= 0.3 is 0 Å². The maximum Gasteiger partial charge on any atom is 0.151 e. The van der Waals surface area contributed by atoms with E-state index >= 15 is 0 Å². The fraction of sp³-hybridized carbons (Fsp3) is 0.174. The lowest BCUT2D eigenvalue weighted by Crippen LogP contribution is -2.06. The maximum atomic E-state index is 13.9. The summed E-state index contributed by atoms with van der Waals surface area (Å²) in [6, 6.07) is 24.0. The molecule has 0 atom stereocenters. The van der Waals surface area contributed by atoms with E-state index in [9.17, 15) is 4.39 Å². The first-order chi connectivity index (χ1) is 13.3. The van der Waals surface area contributed by atoms with Crippen molar-refractivity contribution in [1.29, 1.82) is 0 Å². The van der Waals surface area contributed by atoms with Gasteiger partial charge in [0.1, 0.15) is 18.2 Å². The number of oxime groups is 1. The highest BCUT2D eigenvalue weighted by atomic mass is 19.1. The molecule has 0 aromatic heterocycles. The highest BCUT2D eigenvalue weighted by Gasteiger charge is 2.06. The molecule has 0 aliphatic rings. The normalized spacial score (nSPS) is 11.3. The van der Waals surface area contributed by atoms with Crippen molar-refractivity contribution in [2.24, 2.45) is 5.16 Å². The van der Waals surface area contributed by atoms with Crippen molar-refractivity contribution in [3.05, 3.63) is 90.2 Å². The summed E-state index contributed by atoms with van der Waals surface area (Å²) >= 11 is 0. The van der Waals surface area contributed by atoms with Gasteiger partial charge in [-0.1, -0.05) is 72.7 Å². The van der Waals surface area contributed by atoms with Crippen LogP contribution in [0.1, 0.15) is 18.9 Å². The van der Waals surface area contributed by atoms with Crippen molar-refractivity contribution in [2.75, 3.05) is 13.2 Å². The molecule has 0 amide bonds. The Balaban J connectivity index is 1.58. The average Bonchev–Trinajstić information content (AvgIpc) is 2.72. The predicted octanol–water partition coefficient (Wildman–Crippen LogP) is 5.70. The van der Waals surface area contributed by atoms with Crippen LogP contribution in [0.3, 0.4) is 0 Å². The average molecular weight is 363 g/mol. The van der Waals surface area contributed by atoms with Crippen molar-refractivity contribution in [3.8, 4) is 16.9 Å². The smallest absolute Gasteiger partial charge is 0.151 e. The Labute approximate surface area is 159 Å². The first kappa shape index (κ1) is 18.6. The lowest BCUT2D eigenvalue weighted by Gasteiger charge is -2.08. The largest absolute Gasteiger partial charge is 0.490 e. The molecule has 0 bridgehead atoms. The number of benzene rings is 3. The molecular weight excluding hydrogens is 341 g/mol. The third-order valence-corrected chi connectivity index (χ3v) is 4.10. The fourth-order valence-electron chi connectivity index (χ4n) is 2.70. The van der Waals surface area contributed by atoms with Crippen molar-refractivity contribution in [2.45, 2.75) is 13.3 Å². The van der Waals surface area contributed by atoms with E-state index in [1.54, 1.807) is 12.1 Å². The monoisotopic (exact) mass is 363 g/mol. The molecule has 0 heterocycles. The highest BCUT2D eigenvalue weighted by molar-refractivity contribution is 6.00. The number of nitrogens with zero attached hydrogens (tertiary/aromatic N) is 1. The molecule has 3 nitrogen and oxygen atoms in total. The van der Waals surface area contributed by atoms with Crippen LogP contribution in [0.2, 0.25) is 0 Å². The van der Waals surface area contributed by atoms with Gasteiger partial charge in [0.15, 0.2) is 6.61 Å². The summed E-state index contributed by atoms with van der Waals surface area (Å²) in [5, 5.41) is 4.23. The van der Waals surface area contributed by atoms with Gasteiger partial charge in [-0.25, -0.2) is 4.39 Å². The number of halogens is 1. The number of rotatable bonds is 8. The van der Waals surface area contributed by atoms with Gasteiger partial charge in [-0.2, -0.15) is 0 Å². The quantitative estimate of drug-likeness (QED) is 0.292. The standard InChI is InChI=1S/C23H22FNO2/c1-2-23(25-27-17-16-26-20-8-4-3-5-9-20)19-14-12-18(13-15-19)21-10-6-7-11-22(21)24/h3-15H,2,16-17H2,1H3.